The van der Waals surface area contributed by atoms with Crippen molar-refractivity contribution in [3.63, 3.8) is 0 Å². The fourth-order valence-electron chi connectivity index (χ4n) is 4.16. The number of benzene rings is 2. The molecule has 0 radical (unpaired) electrons. The highest BCUT2D eigenvalue weighted by Crippen LogP contribution is 2.49. The third-order valence-corrected chi connectivity index (χ3v) is 5.31. The number of carbonyl (C=O) groups excluding carboxylic acids is 1. The molecule has 3 atom stereocenters. The van der Waals surface area contributed by atoms with E-state index in [2.05, 4.69) is 23.5 Å². The molecule has 5 heteroatoms. The Morgan fingerprint density at radius 1 is 1.30 bits per heavy atom. The van der Waals surface area contributed by atoms with Crippen LogP contribution in [0.3, 0.4) is 0 Å². The minimum atomic E-state index is -0.318. The molecule has 1 N–H and O–H groups in total. The zero-order valence-corrected chi connectivity index (χ0v) is 15.3. The van der Waals surface area contributed by atoms with Crippen LogP contribution in [0.2, 0.25) is 0 Å². The Kier molecular flexibility index (Phi) is 4.83. The lowest BCUT2D eigenvalue weighted by atomic mass is 9.77. The normalized spacial score (nSPS) is 23.3. The maximum absolute atomic E-state index is 11.1. The van der Waals surface area contributed by atoms with Crippen molar-refractivity contribution in [1.82, 2.24) is 0 Å². The second kappa shape index (κ2) is 7.42. The lowest BCUT2D eigenvalue weighted by Crippen LogP contribution is -2.36. The lowest BCUT2D eigenvalue weighted by molar-refractivity contribution is -0.131. The van der Waals surface area contributed by atoms with Gasteiger partial charge in [0.2, 0.25) is 0 Å². The molecule has 0 amide bonds. The summed E-state index contributed by atoms with van der Waals surface area (Å²) in [7, 11) is 0. The molecular formula is C22H22N2O3. The summed E-state index contributed by atoms with van der Waals surface area (Å²) in [6.45, 7) is 2.17. The van der Waals surface area contributed by atoms with Crippen LogP contribution in [0.5, 0.6) is 5.75 Å². The Bertz CT molecular complexity index is 885. The molecule has 2 heterocycles. The number of nitrogens with zero attached hydrogens (tertiary/aromatic N) is 1. The van der Waals surface area contributed by atoms with E-state index >= 15 is 0 Å². The third-order valence-electron chi connectivity index (χ3n) is 5.31. The van der Waals surface area contributed by atoms with Crippen LogP contribution in [-0.2, 0) is 16.0 Å². The molecule has 1 fully saturated rings. The predicted octanol–water partition coefficient (Wildman–Crippen LogP) is 4.31. The number of hydrogen-bond donors (Lipinski definition) is 1. The fourth-order valence-corrected chi connectivity index (χ4v) is 4.16. The highest BCUT2D eigenvalue weighted by molar-refractivity contribution is 5.69. The Hall–Kier alpha value is -2.84. The number of ether oxygens (including phenoxy) is 2. The largest absolute Gasteiger partial charge is 0.427 e. The average molecular weight is 362 g/mol. The third kappa shape index (κ3) is 3.54. The zero-order chi connectivity index (χ0) is 18.8. The van der Waals surface area contributed by atoms with E-state index in [1.54, 1.807) is 0 Å². The molecule has 0 spiro atoms. The minimum absolute atomic E-state index is 0.0341. The SMILES string of the molecule is CC(=O)Oc1ccc(C2Nc3ccc(CC#N)cc3C3OCCCC23)cc1. The molecule has 2 aromatic carbocycles. The van der Waals surface area contributed by atoms with Crippen LogP contribution >= 0.6 is 0 Å². The fraction of sp³-hybridized carbons (Fsp3) is 0.364. The van der Waals surface area contributed by atoms with Gasteiger partial charge in [-0.25, -0.2) is 0 Å². The molecule has 0 aliphatic carbocycles. The number of hydrogen-bond acceptors (Lipinski definition) is 5. The van der Waals surface area contributed by atoms with Crippen molar-refractivity contribution in [2.75, 3.05) is 11.9 Å². The summed E-state index contributed by atoms with van der Waals surface area (Å²) in [5.41, 5.74) is 4.39. The average Bonchev–Trinajstić information content (AvgIpc) is 2.68. The number of esters is 1. The number of carbonyl (C=O) groups is 1. The van der Waals surface area contributed by atoms with Crippen molar-refractivity contribution < 1.29 is 14.3 Å². The number of nitriles is 1. The van der Waals surface area contributed by atoms with E-state index in [1.165, 1.54) is 6.92 Å². The van der Waals surface area contributed by atoms with Gasteiger partial charge < -0.3 is 14.8 Å². The first-order valence-corrected chi connectivity index (χ1v) is 9.32. The molecule has 3 unspecified atom stereocenters. The first-order valence-electron chi connectivity index (χ1n) is 9.32. The van der Waals surface area contributed by atoms with Gasteiger partial charge in [-0.15, -0.1) is 0 Å². The lowest BCUT2D eigenvalue weighted by Gasteiger charge is -2.43. The van der Waals surface area contributed by atoms with Crippen LogP contribution in [-0.4, -0.2) is 12.6 Å². The molecule has 2 aliphatic heterocycles. The van der Waals surface area contributed by atoms with Crippen LogP contribution in [0.4, 0.5) is 5.69 Å². The molecule has 138 valence electrons. The smallest absolute Gasteiger partial charge is 0.308 e. The second-order valence-electron chi connectivity index (χ2n) is 7.14. The van der Waals surface area contributed by atoms with Gasteiger partial charge in [-0.05, 0) is 42.2 Å². The summed E-state index contributed by atoms with van der Waals surface area (Å²) in [4.78, 5) is 11.1. The van der Waals surface area contributed by atoms with Crippen LogP contribution in [0, 0.1) is 17.2 Å². The number of rotatable bonds is 3. The van der Waals surface area contributed by atoms with Gasteiger partial charge in [-0.1, -0.05) is 24.3 Å². The summed E-state index contributed by atoms with van der Waals surface area (Å²) in [5, 5.41) is 12.7. The maximum atomic E-state index is 11.1. The minimum Gasteiger partial charge on any atom is -0.427 e. The van der Waals surface area contributed by atoms with Crippen molar-refractivity contribution >= 4 is 11.7 Å². The summed E-state index contributed by atoms with van der Waals surface area (Å²) >= 11 is 0. The van der Waals surface area contributed by atoms with E-state index in [-0.39, 0.29) is 18.1 Å². The van der Waals surface area contributed by atoms with Gasteiger partial charge in [0.05, 0.1) is 24.6 Å². The van der Waals surface area contributed by atoms with E-state index in [9.17, 15) is 4.79 Å². The summed E-state index contributed by atoms with van der Waals surface area (Å²) in [6, 6.07) is 16.2. The number of anilines is 1. The highest BCUT2D eigenvalue weighted by Gasteiger charge is 2.39. The van der Waals surface area contributed by atoms with Crippen molar-refractivity contribution in [2.45, 2.75) is 38.3 Å². The number of nitrogens with one attached hydrogen (secondary N) is 1. The van der Waals surface area contributed by atoms with Crippen LogP contribution in [0.25, 0.3) is 0 Å². The zero-order valence-electron chi connectivity index (χ0n) is 15.3. The van der Waals surface area contributed by atoms with Crippen molar-refractivity contribution in [2.24, 2.45) is 5.92 Å². The standard InChI is InChI=1S/C22H22N2O3/c1-14(25)27-17-7-5-16(6-8-17)21-18-3-2-12-26-22(18)19-13-15(10-11-23)4-9-20(19)24-21/h4-9,13,18,21-22,24H,2-3,10,12H2,1H3. The van der Waals surface area contributed by atoms with Gasteiger partial charge in [0, 0.05) is 30.7 Å². The van der Waals surface area contributed by atoms with Crippen molar-refractivity contribution in [3.05, 3.63) is 59.2 Å². The molecule has 27 heavy (non-hydrogen) atoms. The summed E-state index contributed by atoms with van der Waals surface area (Å²) in [5.74, 6) is 0.560. The first-order chi connectivity index (χ1) is 13.2. The Labute approximate surface area is 158 Å². The van der Waals surface area contributed by atoms with E-state index < -0.39 is 0 Å². The van der Waals surface area contributed by atoms with Gasteiger partial charge in [-0.2, -0.15) is 5.26 Å². The van der Waals surface area contributed by atoms with E-state index in [4.69, 9.17) is 14.7 Å². The summed E-state index contributed by atoms with van der Waals surface area (Å²) < 4.78 is 11.3. The second-order valence-corrected chi connectivity index (χ2v) is 7.14. The van der Waals surface area contributed by atoms with Gasteiger partial charge in [0.15, 0.2) is 0 Å². The van der Waals surface area contributed by atoms with Gasteiger partial charge in [-0.3, -0.25) is 4.79 Å². The number of fused-ring (bicyclic) bond motifs is 3. The van der Waals surface area contributed by atoms with E-state index in [0.717, 1.165) is 41.8 Å². The van der Waals surface area contributed by atoms with Crippen molar-refractivity contribution in [1.29, 1.82) is 5.26 Å². The van der Waals surface area contributed by atoms with Gasteiger partial charge in [0.1, 0.15) is 5.75 Å². The topological polar surface area (TPSA) is 71.3 Å². The molecule has 2 aromatic rings. The van der Waals surface area contributed by atoms with Crippen LogP contribution < -0.4 is 10.1 Å². The molecule has 0 aromatic heterocycles. The molecular weight excluding hydrogens is 340 g/mol. The van der Waals surface area contributed by atoms with Crippen molar-refractivity contribution in [3.8, 4) is 11.8 Å². The molecule has 0 saturated carbocycles. The monoisotopic (exact) mass is 362 g/mol. The predicted molar refractivity (Wildman–Crippen MR) is 101 cm³/mol. The summed E-state index contributed by atoms with van der Waals surface area (Å²) in [6.07, 6.45) is 2.56. The first kappa shape index (κ1) is 17.6. The van der Waals surface area contributed by atoms with Gasteiger partial charge >= 0.3 is 5.97 Å². The van der Waals surface area contributed by atoms with Gasteiger partial charge in [0.25, 0.3) is 0 Å². The molecule has 1 saturated heterocycles. The molecule has 2 aliphatic rings. The Balaban J connectivity index is 1.66. The quantitative estimate of drug-likeness (QED) is 0.651. The maximum Gasteiger partial charge on any atom is 0.308 e. The van der Waals surface area contributed by atoms with Crippen LogP contribution in [0.1, 0.15) is 48.6 Å². The van der Waals surface area contributed by atoms with E-state index in [0.29, 0.717) is 18.1 Å². The molecule has 5 nitrogen and oxygen atoms in total. The molecule has 4 rings (SSSR count). The molecule has 0 bridgehead atoms. The van der Waals surface area contributed by atoms with E-state index in [1.807, 2.05) is 30.3 Å². The van der Waals surface area contributed by atoms with Crippen LogP contribution in [0.15, 0.2) is 42.5 Å². The Morgan fingerprint density at radius 3 is 2.85 bits per heavy atom. The Morgan fingerprint density at radius 2 is 2.11 bits per heavy atom. The highest BCUT2D eigenvalue weighted by atomic mass is 16.5.